The molecule has 0 fully saturated rings. The smallest absolute Gasteiger partial charge is 0.235 e. The van der Waals surface area contributed by atoms with Gasteiger partial charge in [-0.1, -0.05) is 32.9 Å². The van der Waals surface area contributed by atoms with Crippen molar-refractivity contribution in [3.8, 4) is 11.6 Å². The number of hydrogen-bond acceptors (Lipinski definition) is 3. The molecule has 94 valence electrons. The van der Waals surface area contributed by atoms with E-state index < -0.39 is 0 Å². The van der Waals surface area contributed by atoms with Gasteiger partial charge in [-0.2, -0.15) is 0 Å². The molecular formula is C14H15IN2O. The van der Waals surface area contributed by atoms with Crippen LogP contribution in [0.5, 0.6) is 11.6 Å². The van der Waals surface area contributed by atoms with Crippen molar-refractivity contribution < 1.29 is 4.74 Å². The van der Waals surface area contributed by atoms with Gasteiger partial charge in [-0.25, -0.2) is 9.97 Å². The molecule has 3 nitrogen and oxygen atoms in total. The van der Waals surface area contributed by atoms with Crippen LogP contribution in [0.2, 0.25) is 0 Å². The minimum Gasteiger partial charge on any atom is -0.438 e. The van der Waals surface area contributed by atoms with Gasteiger partial charge in [0.15, 0.2) is 0 Å². The lowest BCUT2D eigenvalue weighted by molar-refractivity contribution is 0.454. The second-order valence-corrected chi connectivity index (χ2v) is 6.22. The first kappa shape index (κ1) is 13.3. The minimum absolute atomic E-state index is 0.109. The van der Waals surface area contributed by atoms with E-state index in [4.69, 9.17) is 4.74 Å². The first-order valence-corrected chi connectivity index (χ1v) is 6.78. The van der Waals surface area contributed by atoms with Crippen LogP contribution in [0.3, 0.4) is 0 Å². The molecule has 0 radical (unpaired) electrons. The van der Waals surface area contributed by atoms with Crippen LogP contribution < -0.4 is 4.74 Å². The van der Waals surface area contributed by atoms with Crippen molar-refractivity contribution in [1.29, 1.82) is 0 Å². The first-order chi connectivity index (χ1) is 8.47. The van der Waals surface area contributed by atoms with Crippen LogP contribution in [0.4, 0.5) is 0 Å². The van der Waals surface area contributed by atoms with E-state index in [9.17, 15) is 0 Å². The van der Waals surface area contributed by atoms with Gasteiger partial charge in [0.2, 0.25) is 5.88 Å². The standard InChI is InChI=1S/C14H15IN2O/c1-14(2,3)10-5-4-6-11(7-10)18-13-12(15)8-16-9-17-13/h4-9H,1-3H3. The van der Waals surface area contributed by atoms with Crippen molar-refractivity contribution >= 4 is 22.6 Å². The lowest BCUT2D eigenvalue weighted by atomic mass is 9.87. The Morgan fingerprint density at radius 3 is 2.67 bits per heavy atom. The van der Waals surface area contributed by atoms with Gasteiger partial charge < -0.3 is 4.74 Å². The topological polar surface area (TPSA) is 35.0 Å². The highest BCUT2D eigenvalue weighted by Crippen LogP contribution is 2.28. The highest BCUT2D eigenvalue weighted by atomic mass is 127. The summed E-state index contributed by atoms with van der Waals surface area (Å²) < 4.78 is 6.69. The highest BCUT2D eigenvalue weighted by molar-refractivity contribution is 14.1. The van der Waals surface area contributed by atoms with E-state index in [1.165, 1.54) is 11.9 Å². The largest absolute Gasteiger partial charge is 0.438 e. The molecule has 0 aliphatic rings. The molecule has 0 spiro atoms. The van der Waals surface area contributed by atoms with Gasteiger partial charge in [0, 0.05) is 6.20 Å². The zero-order valence-corrected chi connectivity index (χ0v) is 12.8. The van der Waals surface area contributed by atoms with Gasteiger partial charge in [-0.05, 0) is 45.7 Å². The van der Waals surface area contributed by atoms with Crippen molar-refractivity contribution in [1.82, 2.24) is 9.97 Å². The van der Waals surface area contributed by atoms with E-state index >= 15 is 0 Å². The van der Waals surface area contributed by atoms with Gasteiger partial charge in [-0.3, -0.25) is 0 Å². The number of nitrogens with zero attached hydrogens (tertiary/aromatic N) is 2. The Morgan fingerprint density at radius 2 is 2.00 bits per heavy atom. The fourth-order valence-electron chi connectivity index (χ4n) is 1.51. The van der Waals surface area contributed by atoms with Crippen molar-refractivity contribution in [3.63, 3.8) is 0 Å². The van der Waals surface area contributed by atoms with E-state index in [1.807, 2.05) is 12.1 Å². The SMILES string of the molecule is CC(C)(C)c1cccc(Oc2ncncc2I)c1. The molecule has 1 aromatic carbocycles. The predicted octanol–water partition coefficient (Wildman–Crippen LogP) is 4.17. The van der Waals surface area contributed by atoms with Gasteiger partial charge in [0.1, 0.15) is 12.1 Å². The molecule has 18 heavy (non-hydrogen) atoms. The van der Waals surface area contributed by atoms with E-state index in [2.05, 4.69) is 65.5 Å². The zero-order valence-electron chi connectivity index (χ0n) is 10.6. The van der Waals surface area contributed by atoms with Crippen molar-refractivity contribution in [2.45, 2.75) is 26.2 Å². The van der Waals surface area contributed by atoms with Gasteiger partial charge >= 0.3 is 0 Å². The normalized spacial score (nSPS) is 11.3. The Kier molecular flexibility index (Phi) is 3.85. The average Bonchev–Trinajstić information content (AvgIpc) is 2.31. The van der Waals surface area contributed by atoms with Crippen molar-refractivity contribution in [2.24, 2.45) is 0 Å². The molecule has 2 aromatic rings. The van der Waals surface area contributed by atoms with Crippen LogP contribution in [0, 0.1) is 3.57 Å². The maximum Gasteiger partial charge on any atom is 0.235 e. The summed E-state index contributed by atoms with van der Waals surface area (Å²) in [5.74, 6) is 1.40. The number of benzene rings is 1. The predicted molar refractivity (Wildman–Crippen MR) is 80.0 cm³/mol. The molecule has 4 heteroatoms. The second-order valence-electron chi connectivity index (χ2n) is 5.06. The Morgan fingerprint density at radius 1 is 1.22 bits per heavy atom. The summed E-state index contributed by atoms with van der Waals surface area (Å²) in [4.78, 5) is 8.07. The third kappa shape index (κ3) is 3.19. The van der Waals surface area contributed by atoms with Crippen LogP contribution in [0.1, 0.15) is 26.3 Å². The van der Waals surface area contributed by atoms with Gasteiger partial charge in [0.25, 0.3) is 0 Å². The molecule has 0 saturated heterocycles. The van der Waals surface area contributed by atoms with E-state index in [1.54, 1.807) is 6.20 Å². The molecule has 0 bridgehead atoms. The number of aromatic nitrogens is 2. The van der Waals surface area contributed by atoms with Gasteiger partial charge in [0.05, 0.1) is 3.57 Å². The number of rotatable bonds is 2. The molecule has 0 amide bonds. The maximum absolute atomic E-state index is 5.79. The summed E-state index contributed by atoms with van der Waals surface area (Å²) >= 11 is 2.16. The van der Waals surface area contributed by atoms with Crippen LogP contribution >= 0.6 is 22.6 Å². The second kappa shape index (κ2) is 5.22. The summed E-state index contributed by atoms with van der Waals surface area (Å²) in [6, 6.07) is 8.10. The van der Waals surface area contributed by atoms with Crippen LogP contribution in [-0.4, -0.2) is 9.97 Å². The highest BCUT2D eigenvalue weighted by Gasteiger charge is 2.14. The molecule has 0 N–H and O–H groups in total. The molecule has 0 unspecified atom stereocenters. The number of halogens is 1. The van der Waals surface area contributed by atoms with E-state index in [0.717, 1.165) is 9.32 Å². The molecule has 0 atom stereocenters. The Labute approximate surface area is 121 Å². The van der Waals surface area contributed by atoms with E-state index in [0.29, 0.717) is 5.88 Å². The van der Waals surface area contributed by atoms with Gasteiger partial charge in [-0.15, -0.1) is 0 Å². The van der Waals surface area contributed by atoms with Crippen LogP contribution in [0.15, 0.2) is 36.8 Å². The minimum atomic E-state index is 0.109. The third-order valence-electron chi connectivity index (χ3n) is 2.55. The fraction of sp³-hybridized carbons (Fsp3) is 0.286. The molecule has 0 aliphatic carbocycles. The quantitative estimate of drug-likeness (QED) is 0.760. The van der Waals surface area contributed by atoms with Crippen LogP contribution in [-0.2, 0) is 5.41 Å². The summed E-state index contributed by atoms with van der Waals surface area (Å²) in [7, 11) is 0. The molecule has 1 heterocycles. The van der Waals surface area contributed by atoms with Crippen LogP contribution in [0.25, 0.3) is 0 Å². The van der Waals surface area contributed by atoms with Crippen molar-refractivity contribution in [3.05, 3.63) is 45.9 Å². The summed E-state index contributed by atoms with van der Waals surface area (Å²) in [5, 5.41) is 0. The Bertz CT molecular complexity index is 549. The first-order valence-electron chi connectivity index (χ1n) is 5.71. The number of hydrogen-bond donors (Lipinski definition) is 0. The molecule has 2 rings (SSSR count). The molecule has 0 saturated carbocycles. The summed E-state index contributed by atoms with van der Waals surface area (Å²) in [5.41, 5.74) is 1.35. The Balaban J connectivity index is 2.28. The lowest BCUT2D eigenvalue weighted by Gasteiger charge is -2.19. The lowest BCUT2D eigenvalue weighted by Crippen LogP contribution is -2.10. The Hall–Kier alpha value is -1.17. The monoisotopic (exact) mass is 354 g/mol. The zero-order chi connectivity index (χ0) is 13.2. The summed E-state index contributed by atoms with van der Waals surface area (Å²) in [6.45, 7) is 6.54. The summed E-state index contributed by atoms with van der Waals surface area (Å²) in [6.07, 6.45) is 3.22. The fourth-order valence-corrected chi connectivity index (χ4v) is 1.92. The maximum atomic E-state index is 5.79. The van der Waals surface area contributed by atoms with Crippen molar-refractivity contribution in [2.75, 3.05) is 0 Å². The molecule has 0 aliphatic heterocycles. The molecular weight excluding hydrogens is 339 g/mol. The van der Waals surface area contributed by atoms with E-state index in [-0.39, 0.29) is 5.41 Å². The molecule has 1 aromatic heterocycles. The number of ether oxygens (including phenoxy) is 1. The third-order valence-corrected chi connectivity index (χ3v) is 3.29. The average molecular weight is 354 g/mol.